The number of aromatic nitrogens is 2. The third kappa shape index (κ3) is 7.04. The minimum Gasteiger partial charge on any atom is -0.397 e. The number of nitrogens with one attached hydrogen (secondary N) is 1. The zero-order chi connectivity index (χ0) is 28.0. The Hall–Kier alpha value is -3.70. The molecule has 11 heteroatoms. The summed E-state index contributed by atoms with van der Waals surface area (Å²) in [5.41, 5.74) is 8.84. The van der Waals surface area contributed by atoms with Gasteiger partial charge in [0, 0.05) is 30.5 Å². The SMILES string of the molecule is Cc1c(-c2ccccn2)cccc1S(=O)(=O)N[C@@H](CCCc1ccc(N)cn1)C(=O)N1CCC(=C(F)F)CC1. The van der Waals surface area contributed by atoms with E-state index in [1.54, 1.807) is 55.7 Å². The molecular weight excluding hydrogens is 524 g/mol. The summed E-state index contributed by atoms with van der Waals surface area (Å²) in [6, 6.07) is 12.8. The molecule has 1 aliphatic rings. The number of likely N-dealkylation sites (tertiary alicyclic amines) is 1. The van der Waals surface area contributed by atoms with E-state index in [4.69, 9.17) is 5.73 Å². The maximum absolute atomic E-state index is 13.6. The molecule has 2 aromatic heterocycles. The fourth-order valence-corrected chi connectivity index (χ4v) is 6.16. The maximum Gasteiger partial charge on any atom is 0.269 e. The molecule has 3 heterocycles. The number of rotatable bonds is 9. The van der Waals surface area contributed by atoms with Crippen molar-refractivity contribution in [2.45, 2.75) is 50.0 Å². The molecule has 4 rings (SSSR count). The van der Waals surface area contributed by atoms with Crippen LogP contribution in [0, 0.1) is 6.92 Å². The highest BCUT2D eigenvalue weighted by Gasteiger charge is 2.32. The maximum atomic E-state index is 13.6. The van der Waals surface area contributed by atoms with Crippen molar-refractivity contribution in [3.63, 3.8) is 0 Å². The van der Waals surface area contributed by atoms with E-state index in [9.17, 15) is 22.0 Å². The predicted octanol–water partition coefficient (Wildman–Crippen LogP) is 4.48. The summed E-state index contributed by atoms with van der Waals surface area (Å²) in [5, 5.41) is 0. The molecule has 0 unspecified atom stereocenters. The molecule has 206 valence electrons. The number of carbonyl (C=O) groups is 1. The van der Waals surface area contributed by atoms with E-state index in [0.29, 0.717) is 35.3 Å². The molecule has 1 saturated heterocycles. The van der Waals surface area contributed by atoms with Gasteiger partial charge in [-0.2, -0.15) is 13.5 Å². The van der Waals surface area contributed by atoms with Gasteiger partial charge >= 0.3 is 0 Å². The van der Waals surface area contributed by atoms with Crippen LogP contribution in [-0.4, -0.2) is 48.3 Å². The van der Waals surface area contributed by atoms with Crippen molar-refractivity contribution in [1.82, 2.24) is 19.6 Å². The number of pyridine rings is 2. The summed E-state index contributed by atoms with van der Waals surface area (Å²) in [5.74, 6) is -0.430. The molecule has 39 heavy (non-hydrogen) atoms. The van der Waals surface area contributed by atoms with Crippen LogP contribution in [0.2, 0.25) is 0 Å². The number of benzene rings is 1. The van der Waals surface area contributed by atoms with Gasteiger partial charge in [-0.3, -0.25) is 14.8 Å². The summed E-state index contributed by atoms with van der Waals surface area (Å²) in [6.07, 6.45) is 2.79. The summed E-state index contributed by atoms with van der Waals surface area (Å²) >= 11 is 0. The molecule has 1 amide bonds. The standard InChI is InChI=1S/C28H31F2N5O3S/c1-19-23(24-8-2-3-15-32-24)7-5-10-26(19)39(37,38)34-25(9-4-6-22-12-11-21(31)18-33-22)28(36)35-16-13-20(14-17-35)27(29)30/h2-3,5,7-8,10-12,15,18,25,34H,4,6,9,13-14,16-17,31H2,1H3/t25-/m0/s1. The van der Waals surface area contributed by atoms with Crippen LogP contribution in [0.4, 0.5) is 14.5 Å². The second kappa shape index (κ2) is 12.4. The quantitative estimate of drug-likeness (QED) is 0.402. The van der Waals surface area contributed by atoms with E-state index >= 15 is 0 Å². The van der Waals surface area contributed by atoms with Crippen LogP contribution in [0.5, 0.6) is 0 Å². The largest absolute Gasteiger partial charge is 0.397 e. The van der Waals surface area contributed by atoms with Gasteiger partial charge in [0.2, 0.25) is 15.9 Å². The zero-order valence-electron chi connectivity index (χ0n) is 21.6. The van der Waals surface area contributed by atoms with Crippen molar-refractivity contribution in [1.29, 1.82) is 0 Å². The molecule has 0 radical (unpaired) electrons. The summed E-state index contributed by atoms with van der Waals surface area (Å²) in [6.45, 7) is 1.92. The van der Waals surface area contributed by atoms with E-state index in [0.717, 1.165) is 5.69 Å². The van der Waals surface area contributed by atoms with Crippen molar-refractivity contribution in [3.05, 3.63) is 83.8 Å². The predicted molar refractivity (Wildman–Crippen MR) is 145 cm³/mol. The topological polar surface area (TPSA) is 118 Å². The second-order valence-electron chi connectivity index (χ2n) is 9.48. The number of hydrogen-bond donors (Lipinski definition) is 2. The van der Waals surface area contributed by atoms with Crippen LogP contribution in [-0.2, 0) is 21.2 Å². The molecule has 3 aromatic rings. The van der Waals surface area contributed by atoms with Gasteiger partial charge in [-0.05, 0) is 80.5 Å². The first-order chi connectivity index (χ1) is 18.7. The number of anilines is 1. The number of nitrogens with zero attached hydrogens (tertiary/aromatic N) is 3. The van der Waals surface area contributed by atoms with E-state index in [1.165, 1.54) is 11.0 Å². The van der Waals surface area contributed by atoms with Crippen LogP contribution < -0.4 is 10.5 Å². The van der Waals surface area contributed by atoms with Crippen LogP contribution in [0.3, 0.4) is 0 Å². The van der Waals surface area contributed by atoms with Crippen LogP contribution in [0.15, 0.2) is 77.5 Å². The molecule has 3 N–H and O–H groups in total. The Labute approximate surface area is 227 Å². The lowest BCUT2D eigenvalue weighted by molar-refractivity contribution is -0.133. The monoisotopic (exact) mass is 555 g/mol. The average Bonchev–Trinajstić information content (AvgIpc) is 2.93. The highest BCUT2D eigenvalue weighted by atomic mass is 32.2. The smallest absolute Gasteiger partial charge is 0.269 e. The third-order valence-corrected chi connectivity index (χ3v) is 8.45. The third-order valence-electron chi connectivity index (χ3n) is 6.83. The summed E-state index contributed by atoms with van der Waals surface area (Å²) in [7, 11) is -4.12. The van der Waals surface area contributed by atoms with Gasteiger partial charge in [-0.25, -0.2) is 8.42 Å². The number of aryl methyl sites for hydroxylation is 1. The molecule has 1 atom stereocenters. The minimum absolute atomic E-state index is 0.0348. The second-order valence-corrected chi connectivity index (χ2v) is 11.2. The van der Waals surface area contributed by atoms with Gasteiger partial charge in [-0.15, -0.1) is 0 Å². The molecule has 0 aliphatic carbocycles. The Morgan fingerprint density at radius 1 is 1.08 bits per heavy atom. The van der Waals surface area contributed by atoms with Gasteiger partial charge in [-0.1, -0.05) is 18.2 Å². The Bertz CT molecular complexity index is 1430. The number of nitrogen functional groups attached to an aromatic ring is 1. The van der Waals surface area contributed by atoms with Crippen molar-refractivity contribution >= 4 is 21.6 Å². The van der Waals surface area contributed by atoms with E-state index in [2.05, 4.69) is 14.7 Å². The van der Waals surface area contributed by atoms with Gasteiger partial charge < -0.3 is 10.6 Å². The lowest BCUT2D eigenvalue weighted by Gasteiger charge is -2.31. The molecule has 0 saturated carbocycles. The first-order valence-corrected chi connectivity index (χ1v) is 14.2. The van der Waals surface area contributed by atoms with Gasteiger partial charge in [0.25, 0.3) is 6.08 Å². The van der Waals surface area contributed by atoms with Crippen LogP contribution in [0.1, 0.15) is 36.9 Å². The van der Waals surface area contributed by atoms with E-state index in [-0.39, 0.29) is 42.8 Å². The van der Waals surface area contributed by atoms with Crippen LogP contribution in [0.25, 0.3) is 11.3 Å². The van der Waals surface area contributed by atoms with Crippen molar-refractivity contribution < 1.29 is 22.0 Å². The molecule has 1 aromatic carbocycles. The van der Waals surface area contributed by atoms with Crippen molar-refractivity contribution in [3.8, 4) is 11.3 Å². The molecule has 8 nitrogen and oxygen atoms in total. The highest BCUT2D eigenvalue weighted by molar-refractivity contribution is 7.89. The first kappa shape index (κ1) is 28.3. The molecular formula is C28H31F2N5O3S. The zero-order valence-corrected chi connectivity index (χ0v) is 22.4. The van der Waals surface area contributed by atoms with Gasteiger partial charge in [0.1, 0.15) is 6.04 Å². The average molecular weight is 556 g/mol. The number of halogens is 2. The van der Waals surface area contributed by atoms with E-state index in [1.807, 2.05) is 6.07 Å². The highest BCUT2D eigenvalue weighted by Crippen LogP contribution is 2.28. The van der Waals surface area contributed by atoms with E-state index < -0.39 is 28.1 Å². The molecule has 1 fully saturated rings. The number of piperidine rings is 1. The van der Waals surface area contributed by atoms with Gasteiger partial charge in [0.05, 0.1) is 22.5 Å². The fourth-order valence-electron chi connectivity index (χ4n) is 4.67. The Kier molecular flexibility index (Phi) is 9.03. The van der Waals surface area contributed by atoms with Gasteiger partial charge in [0.15, 0.2) is 0 Å². The number of hydrogen-bond acceptors (Lipinski definition) is 6. The minimum atomic E-state index is -4.12. The number of sulfonamides is 1. The lowest BCUT2D eigenvalue weighted by Crippen LogP contribution is -2.50. The Morgan fingerprint density at radius 3 is 2.49 bits per heavy atom. The Balaban J connectivity index is 1.56. The van der Waals surface area contributed by atoms with Crippen molar-refractivity contribution in [2.24, 2.45) is 0 Å². The number of nitrogens with two attached hydrogens (primary N) is 1. The number of carbonyl (C=O) groups excluding carboxylic acids is 1. The van der Waals surface area contributed by atoms with Crippen LogP contribution >= 0.6 is 0 Å². The number of amides is 1. The molecule has 1 aliphatic heterocycles. The van der Waals surface area contributed by atoms with Crippen molar-refractivity contribution in [2.75, 3.05) is 18.8 Å². The molecule has 0 bridgehead atoms. The molecule has 0 spiro atoms. The summed E-state index contributed by atoms with van der Waals surface area (Å²) < 4.78 is 55.9. The normalized spacial score (nSPS) is 14.7. The Morgan fingerprint density at radius 2 is 1.85 bits per heavy atom. The fraction of sp³-hybridized carbons (Fsp3) is 0.321. The summed E-state index contributed by atoms with van der Waals surface area (Å²) in [4.78, 5) is 23.6. The lowest BCUT2D eigenvalue weighted by atomic mass is 10.0. The first-order valence-electron chi connectivity index (χ1n) is 12.7.